The number of hydrogen-bond donors (Lipinski definition) is 2. The summed E-state index contributed by atoms with van der Waals surface area (Å²) in [7, 11) is 0. The lowest BCUT2D eigenvalue weighted by Crippen LogP contribution is -2.50. The molecule has 1 aliphatic carbocycles. The van der Waals surface area contributed by atoms with E-state index in [4.69, 9.17) is 21.4 Å². The predicted molar refractivity (Wildman–Crippen MR) is 87.1 cm³/mol. The molecule has 1 aromatic rings. The third-order valence-corrected chi connectivity index (χ3v) is 4.39. The summed E-state index contributed by atoms with van der Waals surface area (Å²) in [5.74, 6) is 0.834. The highest BCUT2D eigenvalue weighted by molar-refractivity contribution is 6.30. The highest BCUT2D eigenvalue weighted by atomic mass is 35.5. The Balaban J connectivity index is 1.90. The fraction of sp³-hybridized carbons (Fsp3) is 0.588. The number of rotatable bonds is 5. The van der Waals surface area contributed by atoms with E-state index < -0.39 is 5.60 Å². The Labute approximate surface area is 136 Å². The molecule has 2 N–H and O–H groups in total. The van der Waals surface area contributed by atoms with Gasteiger partial charge in [-0.2, -0.15) is 0 Å². The van der Waals surface area contributed by atoms with Gasteiger partial charge in [-0.05, 0) is 63.6 Å². The molecule has 0 aromatic heterocycles. The minimum atomic E-state index is -0.960. The Kier molecular flexibility index (Phi) is 5.70. The van der Waals surface area contributed by atoms with Crippen molar-refractivity contribution in [2.75, 3.05) is 6.61 Å². The normalized spacial score (nSPS) is 22.2. The molecule has 1 aliphatic rings. The summed E-state index contributed by atoms with van der Waals surface area (Å²) >= 11 is 5.94. The van der Waals surface area contributed by atoms with Gasteiger partial charge in [-0.3, -0.25) is 4.79 Å². The van der Waals surface area contributed by atoms with E-state index in [1.54, 1.807) is 38.1 Å². The molecule has 1 aromatic carbocycles. The van der Waals surface area contributed by atoms with Crippen LogP contribution in [0.3, 0.4) is 0 Å². The van der Waals surface area contributed by atoms with Gasteiger partial charge in [0.15, 0.2) is 5.60 Å². The van der Waals surface area contributed by atoms with E-state index in [9.17, 15) is 4.79 Å². The maximum absolute atomic E-state index is 12.5. The molecule has 0 atom stereocenters. The molecule has 4 nitrogen and oxygen atoms in total. The van der Waals surface area contributed by atoms with Crippen molar-refractivity contribution in [3.05, 3.63) is 29.3 Å². The van der Waals surface area contributed by atoms with Crippen molar-refractivity contribution >= 4 is 17.5 Å². The van der Waals surface area contributed by atoms with Crippen LogP contribution < -0.4 is 10.1 Å². The highest BCUT2D eigenvalue weighted by Crippen LogP contribution is 2.25. The Bertz CT molecular complexity index is 510. The van der Waals surface area contributed by atoms with E-state index in [2.05, 4.69) is 5.32 Å². The first-order valence-corrected chi connectivity index (χ1v) is 8.15. The Morgan fingerprint density at radius 2 is 2.05 bits per heavy atom. The van der Waals surface area contributed by atoms with E-state index in [0.29, 0.717) is 16.7 Å². The summed E-state index contributed by atoms with van der Waals surface area (Å²) in [5.41, 5.74) is -0.960. The second-order valence-electron chi connectivity index (χ2n) is 6.44. The maximum atomic E-state index is 12.5. The van der Waals surface area contributed by atoms with Crippen molar-refractivity contribution in [3.63, 3.8) is 0 Å². The number of carbonyl (C=O) groups is 1. The van der Waals surface area contributed by atoms with Crippen LogP contribution in [0.15, 0.2) is 24.3 Å². The number of aliphatic hydroxyl groups is 1. The zero-order chi connectivity index (χ0) is 16.2. The van der Waals surface area contributed by atoms with Gasteiger partial charge in [0, 0.05) is 17.7 Å². The molecule has 5 heteroatoms. The third-order valence-electron chi connectivity index (χ3n) is 4.16. The number of nitrogens with one attached hydrogen (secondary N) is 1. The summed E-state index contributed by atoms with van der Waals surface area (Å²) in [4.78, 5) is 12.5. The standard InChI is InChI=1S/C17H24ClNO3/c1-17(2,22-15-5-3-4-13(18)10-15)16(21)19-14-8-6-12(11-20)7-9-14/h3-5,10,12,14,20H,6-9,11H2,1-2H3,(H,19,21). The molecule has 0 bridgehead atoms. The second kappa shape index (κ2) is 7.34. The van der Waals surface area contributed by atoms with Crippen molar-refractivity contribution in [2.45, 2.75) is 51.2 Å². The minimum Gasteiger partial charge on any atom is -0.478 e. The lowest BCUT2D eigenvalue weighted by molar-refractivity contribution is -0.135. The van der Waals surface area contributed by atoms with Gasteiger partial charge < -0.3 is 15.2 Å². The molecular weight excluding hydrogens is 302 g/mol. The maximum Gasteiger partial charge on any atom is 0.263 e. The summed E-state index contributed by atoms with van der Waals surface area (Å²) < 4.78 is 5.79. The zero-order valence-corrected chi connectivity index (χ0v) is 13.9. The Morgan fingerprint density at radius 3 is 2.64 bits per heavy atom. The molecule has 0 spiro atoms. The van der Waals surface area contributed by atoms with E-state index in [-0.39, 0.29) is 18.6 Å². The molecule has 0 aliphatic heterocycles. The topological polar surface area (TPSA) is 58.6 Å². The smallest absolute Gasteiger partial charge is 0.263 e. The Morgan fingerprint density at radius 1 is 1.36 bits per heavy atom. The van der Waals surface area contributed by atoms with E-state index in [1.165, 1.54) is 0 Å². The molecule has 1 saturated carbocycles. The van der Waals surface area contributed by atoms with Gasteiger partial charge in [-0.1, -0.05) is 17.7 Å². The molecule has 1 amide bonds. The molecular formula is C17H24ClNO3. The number of benzene rings is 1. The summed E-state index contributed by atoms with van der Waals surface area (Å²) in [6.07, 6.45) is 3.72. The van der Waals surface area contributed by atoms with Gasteiger partial charge in [0.1, 0.15) is 5.75 Å². The summed E-state index contributed by atoms with van der Waals surface area (Å²) in [5, 5.41) is 12.8. The first kappa shape index (κ1) is 17.1. The van der Waals surface area contributed by atoms with Gasteiger partial charge in [0.25, 0.3) is 5.91 Å². The van der Waals surface area contributed by atoms with Gasteiger partial charge in [0.05, 0.1) is 0 Å². The molecule has 22 heavy (non-hydrogen) atoms. The summed E-state index contributed by atoms with van der Waals surface area (Å²) in [6, 6.07) is 7.21. The van der Waals surface area contributed by atoms with Gasteiger partial charge in [-0.15, -0.1) is 0 Å². The molecule has 2 rings (SSSR count). The molecule has 1 fully saturated rings. The zero-order valence-electron chi connectivity index (χ0n) is 13.1. The molecule has 0 heterocycles. The fourth-order valence-electron chi connectivity index (χ4n) is 2.72. The van der Waals surface area contributed by atoms with Crippen LogP contribution in [0.25, 0.3) is 0 Å². The largest absolute Gasteiger partial charge is 0.478 e. The molecule has 0 saturated heterocycles. The van der Waals surface area contributed by atoms with Crippen LogP contribution >= 0.6 is 11.6 Å². The summed E-state index contributed by atoms with van der Waals surface area (Å²) in [6.45, 7) is 3.75. The third kappa shape index (κ3) is 4.62. The molecule has 0 radical (unpaired) electrons. The second-order valence-corrected chi connectivity index (χ2v) is 6.88. The highest BCUT2D eigenvalue weighted by Gasteiger charge is 2.32. The minimum absolute atomic E-state index is 0.125. The Hall–Kier alpha value is -1.26. The van der Waals surface area contributed by atoms with Gasteiger partial charge in [0.2, 0.25) is 0 Å². The number of ether oxygens (including phenoxy) is 1. The van der Waals surface area contributed by atoms with Crippen LogP contribution in [-0.4, -0.2) is 29.3 Å². The van der Waals surface area contributed by atoms with Gasteiger partial charge >= 0.3 is 0 Å². The van der Waals surface area contributed by atoms with E-state index in [0.717, 1.165) is 25.7 Å². The fourth-order valence-corrected chi connectivity index (χ4v) is 2.90. The monoisotopic (exact) mass is 325 g/mol. The van der Waals surface area contributed by atoms with E-state index in [1.807, 2.05) is 0 Å². The molecule has 122 valence electrons. The van der Waals surface area contributed by atoms with Crippen LogP contribution in [0.2, 0.25) is 5.02 Å². The van der Waals surface area contributed by atoms with Crippen LogP contribution in [0.5, 0.6) is 5.75 Å². The van der Waals surface area contributed by atoms with Crippen LogP contribution in [-0.2, 0) is 4.79 Å². The lowest BCUT2D eigenvalue weighted by Gasteiger charge is -2.32. The number of aliphatic hydroxyl groups excluding tert-OH is 1. The van der Waals surface area contributed by atoms with Crippen LogP contribution in [0.4, 0.5) is 0 Å². The SMILES string of the molecule is CC(C)(Oc1cccc(Cl)c1)C(=O)NC1CCC(CO)CC1. The first-order valence-electron chi connectivity index (χ1n) is 7.77. The van der Waals surface area contributed by atoms with Crippen LogP contribution in [0.1, 0.15) is 39.5 Å². The van der Waals surface area contributed by atoms with Crippen molar-refractivity contribution in [1.82, 2.24) is 5.32 Å². The number of halogens is 1. The van der Waals surface area contributed by atoms with Gasteiger partial charge in [-0.25, -0.2) is 0 Å². The number of amides is 1. The van der Waals surface area contributed by atoms with Crippen LogP contribution in [0, 0.1) is 5.92 Å². The quantitative estimate of drug-likeness (QED) is 0.874. The van der Waals surface area contributed by atoms with Crippen molar-refractivity contribution < 1.29 is 14.6 Å². The number of hydrogen-bond acceptors (Lipinski definition) is 3. The first-order chi connectivity index (χ1) is 10.4. The van der Waals surface area contributed by atoms with Crippen molar-refractivity contribution in [3.8, 4) is 5.75 Å². The average Bonchev–Trinajstić information content (AvgIpc) is 2.47. The lowest BCUT2D eigenvalue weighted by atomic mass is 9.86. The van der Waals surface area contributed by atoms with Crippen molar-refractivity contribution in [1.29, 1.82) is 0 Å². The van der Waals surface area contributed by atoms with E-state index >= 15 is 0 Å². The average molecular weight is 326 g/mol. The molecule has 0 unspecified atom stereocenters. The number of carbonyl (C=O) groups excluding carboxylic acids is 1. The predicted octanol–water partition coefficient (Wildman–Crippen LogP) is 3.16. The van der Waals surface area contributed by atoms with Crippen molar-refractivity contribution in [2.24, 2.45) is 5.92 Å².